The summed E-state index contributed by atoms with van der Waals surface area (Å²) in [7, 11) is 1.28. The van der Waals surface area contributed by atoms with E-state index in [1.165, 1.54) is 25.4 Å². The van der Waals surface area contributed by atoms with Gasteiger partial charge in [-0.15, -0.1) is 0 Å². The number of benzene rings is 1. The maximum atomic E-state index is 13.6. The lowest BCUT2D eigenvalue weighted by molar-refractivity contribution is 0.0594. The van der Waals surface area contributed by atoms with E-state index in [9.17, 15) is 23.2 Å². The highest BCUT2D eigenvalue weighted by molar-refractivity contribution is 6.30. The fraction of sp³-hybridized carbons (Fsp3) is 0.321. The second-order valence-electron chi connectivity index (χ2n) is 9.69. The van der Waals surface area contributed by atoms with Crippen molar-refractivity contribution in [2.45, 2.75) is 44.7 Å². The number of pyridine rings is 2. The van der Waals surface area contributed by atoms with Gasteiger partial charge in [0.25, 0.3) is 12.3 Å². The zero-order valence-electron chi connectivity index (χ0n) is 21.5. The molecule has 1 fully saturated rings. The topological polar surface area (TPSA) is 108 Å². The molecule has 1 amide bonds. The number of methoxy groups -OCH3 is 1. The number of nitrogens with one attached hydrogen (secondary N) is 1. The first-order valence-electron chi connectivity index (χ1n) is 12.8. The van der Waals surface area contributed by atoms with Gasteiger partial charge in [0, 0.05) is 18.8 Å². The van der Waals surface area contributed by atoms with Gasteiger partial charge in [-0.3, -0.25) is 18.9 Å². The molecule has 1 aliphatic carbocycles. The van der Waals surface area contributed by atoms with Crippen LogP contribution in [-0.4, -0.2) is 44.1 Å². The Bertz CT molecular complexity index is 1610. The van der Waals surface area contributed by atoms with Crippen molar-refractivity contribution in [1.29, 1.82) is 0 Å². The normalized spacial score (nSPS) is 17.2. The van der Waals surface area contributed by atoms with Crippen molar-refractivity contribution >= 4 is 34.5 Å². The Balaban J connectivity index is 1.30. The number of nitrogens with zero attached hydrogens (tertiary/aromatic N) is 4. The second kappa shape index (κ2) is 11.5. The fourth-order valence-corrected chi connectivity index (χ4v) is 5.35. The van der Waals surface area contributed by atoms with Crippen molar-refractivity contribution in [1.82, 2.24) is 24.4 Å². The Kier molecular flexibility index (Phi) is 7.92. The van der Waals surface area contributed by atoms with E-state index in [1.54, 1.807) is 15.2 Å². The van der Waals surface area contributed by atoms with E-state index in [4.69, 9.17) is 16.3 Å². The maximum Gasteiger partial charge on any atom is 0.356 e. The quantitative estimate of drug-likeness (QED) is 0.316. The number of fused-ring (bicyclic) bond motifs is 1. The van der Waals surface area contributed by atoms with Crippen molar-refractivity contribution < 1.29 is 23.1 Å². The number of ether oxygens (including phenoxy) is 1. The number of alkyl halides is 2. The van der Waals surface area contributed by atoms with Gasteiger partial charge >= 0.3 is 11.7 Å². The Hall–Kier alpha value is -4.12. The monoisotopic (exact) mass is 569 g/mol. The van der Waals surface area contributed by atoms with Crippen LogP contribution in [0, 0.1) is 5.92 Å². The first-order chi connectivity index (χ1) is 19.3. The predicted molar refractivity (Wildman–Crippen MR) is 144 cm³/mol. The average molecular weight is 570 g/mol. The van der Waals surface area contributed by atoms with Crippen LogP contribution < -0.4 is 11.0 Å². The van der Waals surface area contributed by atoms with Crippen LogP contribution in [0.15, 0.2) is 59.7 Å². The molecule has 0 spiro atoms. The van der Waals surface area contributed by atoms with E-state index in [0.717, 1.165) is 24.6 Å². The molecular weight excluding hydrogens is 544 g/mol. The third kappa shape index (κ3) is 5.46. The number of esters is 1. The number of hydrogen-bond donors (Lipinski definition) is 1. The SMILES string of the molecule is COC(=O)c1ccc(-n2c(=O)n(CC3CCC(NC(=O)c4cc(Cl)cnc4C(F)F)CC3)c3ccccc32)cn1. The van der Waals surface area contributed by atoms with E-state index in [2.05, 4.69) is 15.3 Å². The van der Waals surface area contributed by atoms with Crippen molar-refractivity contribution in [3.63, 3.8) is 0 Å². The van der Waals surface area contributed by atoms with Gasteiger partial charge in [-0.05, 0) is 61.9 Å². The number of aromatic nitrogens is 4. The molecule has 1 saturated carbocycles. The van der Waals surface area contributed by atoms with Crippen molar-refractivity contribution in [3.8, 4) is 5.69 Å². The van der Waals surface area contributed by atoms with Gasteiger partial charge in [-0.1, -0.05) is 23.7 Å². The molecule has 1 N–H and O–H groups in total. The van der Waals surface area contributed by atoms with E-state index >= 15 is 0 Å². The summed E-state index contributed by atoms with van der Waals surface area (Å²) in [6.45, 7) is 0.481. The van der Waals surface area contributed by atoms with Gasteiger partial charge in [0.2, 0.25) is 0 Å². The maximum absolute atomic E-state index is 13.6. The zero-order chi connectivity index (χ0) is 28.4. The van der Waals surface area contributed by atoms with Crippen molar-refractivity contribution in [2.24, 2.45) is 5.92 Å². The summed E-state index contributed by atoms with van der Waals surface area (Å²) in [6.07, 6.45) is 2.42. The number of carbonyl (C=O) groups is 2. The molecule has 3 heterocycles. The largest absolute Gasteiger partial charge is 0.464 e. The number of halogens is 3. The molecule has 1 aliphatic rings. The Morgan fingerprint density at radius 1 is 1.07 bits per heavy atom. The smallest absolute Gasteiger partial charge is 0.356 e. The highest BCUT2D eigenvalue weighted by Crippen LogP contribution is 2.29. The predicted octanol–water partition coefficient (Wildman–Crippen LogP) is 4.95. The minimum Gasteiger partial charge on any atom is -0.464 e. The van der Waals surface area contributed by atoms with Crippen molar-refractivity contribution in [3.05, 3.63) is 87.3 Å². The molecule has 12 heteroatoms. The Morgan fingerprint density at radius 2 is 1.80 bits per heavy atom. The van der Waals surface area contributed by atoms with Gasteiger partial charge in [0.1, 0.15) is 11.4 Å². The number of amides is 1. The number of para-hydroxylation sites is 2. The summed E-state index contributed by atoms with van der Waals surface area (Å²) >= 11 is 5.89. The van der Waals surface area contributed by atoms with Crippen LogP contribution in [-0.2, 0) is 11.3 Å². The summed E-state index contributed by atoms with van der Waals surface area (Å²) in [4.78, 5) is 45.9. The number of rotatable bonds is 7. The zero-order valence-corrected chi connectivity index (χ0v) is 22.3. The van der Waals surface area contributed by atoms with Crippen LogP contribution in [0.5, 0.6) is 0 Å². The van der Waals surface area contributed by atoms with Gasteiger partial charge in [0.15, 0.2) is 0 Å². The van der Waals surface area contributed by atoms with Gasteiger partial charge in [-0.2, -0.15) is 0 Å². The van der Waals surface area contributed by atoms with E-state index < -0.39 is 24.0 Å². The standard InChI is InChI=1S/C28H26ClF2N5O4/c1-40-27(38)21-11-10-19(14-32-21)36-23-5-3-2-4-22(23)35(28(36)39)15-16-6-8-18(9-7-16)34-26(37)20-12-17(29)13-33-24(20)25(30)31/h2-5,10-14,16,18,25H,6-9,15H2,1H3,(H,34,37). The minimum absolute atomic E-state index is 0.109. The molecule has 0 bridgehead atoms. The summed E-state index contributed by atoms with van der Waals surface area (Å²) < 4.78 is 34.7. The molecule has 40 heavy (non-hydrogen) atoms. The van der Waals surface area contributed by atoms with Gasteiger partial charge in [0.05, 0.1) is 40.6 Å². The summed E-state index contributed by atoms with van der Waals surface area (Å²) in [5.41, 5.74) is 1.11. The van der Waals surface area contributed by atoms with E-state index in [-0.39, 0.29) is 33.9 Å². The minimum atomic E-state index is -2.89. The molecule has 5 rings (SSSR count). The summed E-state index contributed by atoms with van der Waals surface area (Å²) in [5, 5.41) is 2.95. The summed E-state index contributed by atoms with van der Waals surface area (Å²) in [6, 6.07) is 11.6. The lowest BCUT2D eigenvalue weighted by Gasteiger charge is -2.29. The molecule has 0 radical (unpaired) electrons. The lowest BCUT2D eigenvalue weighted by atomic mass is 9.85. The molecular formula is C28H26ClF2N5O4. The molecule has 0 aliphatic heterocycles. The number of carbonyl (C=O) groups excluding carboxylic acids is 2. The van der Waals surface area contributed by atoms with Crippen molar-refractivity contribution in [2.75, 3.05) is 7.11 Å². The van der Waals surface area contributed by atoms with Crippen LogP contribution in [0.2, 0.25) is 5.02 Å². The molecule has 0 saturated heterocycles. The van der Waals surface area contributed by atoms with Crippen LogP contribution in [0.4, 0.5) is 8.78 Å². The molecule has 9 nitrogen and oxygen atoms in total. The van der Waals surface area contributed by atoms with Crippen LogP contribution in [0.3, 0.4) is 0 Å². The second-order valence-corrected chi connectivity index (χ2v) is 10.1. The summed E-state index contributed by atoms with van der Waals surface area (Å²) in [5.74, 6) is -1.01. The average Bonchev–Trinajstić information content (AvgIpc) is 3.24. The van der Waals surface area contributed by atoms with Gasteiger partial charge < -0.3 is 10.1 Å². The van der Waals surface area contributed by atoms with E-state index in [1.807, 2.05) is 24.3 Å². The molecule has 4 aromatic rings. The number of imidazole rings is 1. The number of hydrogen-bond acceptors (Lipinski definition) is 6. The van der Waals surface area contributed by atoms with Crippen LogP contribution >= 0.6 is 11.6 Å². The fourth-order valence-electron chi connectivity index (χ4n) is 5.19. The van der Waals surface area contributed by atoms with Gasteiger partial charge in [-0.25, -0.2) is 23.4 Å². The third-order valence-electron chi connectivity index (χ3n) is 7.20. The van der Waals surface area contributed by atoms with Crippen LogP contribution in [0.25, 0.3) is 16.7 Å². The molecule has 0 atom stereocenters. The molecule has 0 unspecified atom stereocenters. The Morgan fingerprint density at radius 3 is 2.45 bits per heavy atom. The van der Waals surface area contributed by atoms with E-state index in [0.29, 0.717) is 30.6 Å². The highest BCUT2D eigenvalue weighted by atomic mass is 35.5. The molecule has 208 valence electrons. The lowest BCUT2D eigenvalue weighted by Crippen LogP contribution is -2.39. The first-order valence-corrected chi connectivity index (χ1v) is 13.1. The molecule has 3 aromatic heterocycles. The molecule has 1 aromatic carbocycles. The first kappa shape index (κ1) is 27.4. The third-order valence-corrected chi connectivity index (χ3v) is 7.40. The highest BCUT2D eigenvalue weighted by Gasteiger charge is 2.27. The Labute approximate surface area is 232 Å². The van der Waals surface area contributed by atoms with Crippen LogP contribution in [0.1, 0.15) is 58.6 Å².